The minimum atomic E-state index is -3.37. The molecule has 2 aliphatic rings. The van der Waals surface area contributed by atoms with Crippen LogP contribution in [0.1, 0.15) is 5.56 Å². The summed E-state index contributed by atoms with van der Waals surface area (Å²) in [5.41, 5.74) is 0.757. The van der Waals surface area contributed by atoms with Crippen molar-refractivity contribution in [3.05, 3.63) is 64.5 Å². The van der Waals surface area contributed by atoms with Gasteiger partial charge in [-0.05, 0) is 42.0 Å². The highest BCUT2D eigenvalue weighted by Gasteiger charge is 2.31. The fourth-order valence-corrected chi connectivity index (χ4v) is 4.73. The van der Waals surface area contributed by atoms with Crippen LogP contribution >= 0.6 is 0 Å². The van der Waals surface area contributed by atoms with Gasteiger partial charge in [-0.1, -0.05) is 6.07 Å². The van der Waals surface area contributed by atoms with E-state index in [1.807, 2.05) is 23.1 Å². The van der Waals surface area contributed by atoms with Gasteiger partial charge in [0.05, 0.1) is 9.82 Å². The predicted octanol–water partition coefficient (Wildman–Crippen LogP) is 2.63. The van der Waals surface area contributed by atoms with Crippen LogP contribution in [0, 0.1) is 10.1 Å². The summed E-state index contributed by atoms with van der Waals surface area (Å²) in [6, 6.07) is 11.5. The molecule has 0 radical (unpaired) electrons. The van der Waals surface area contributed by atoms with Crippen molar-refractivity contribution in [3.63, 3.8) is 0 Å². The molecule has 0 atom stereocenters. The highest BCUT2D eigenvalue weighted by Crippen LogP contribution is 2.37. The van der Waals surface area contributed by atoms with E-state index in [9.17, 15) is 18.5 Å². The van der Waals surface area contributed by atoms with Gasteiger partial charge in [-0.15, -0.1) is 0 Å². The van der Waals surface area contributed by atoms with Gasteiger partial charge in [-0.2, -0.15) is 4.98 Å². The molecule has 5 rings (SSSR count). The summed E-state index contributed by atoms with van der Waals surface area (Å²) in [6.07, 6.45) is 2.32. The highest BCUT2D eigenvalue weighted by atomic mass is 32.2. The Hall–Kier alpha value is -3.97. The van der Waals surface area contributed by atoms with E-state index < -0.39 is 14.8 Å². The third kappa shape index (κ3) is 5.02. The summed E-state index contributed by atoms with van der Waals surface area (Å²) >= 11 is 0. The van der Waals surface area contributed by atoms with Crippen molar-refractivity contribution in [2.75, 3.05) is 44.1 Å². The second-order valence-electron chi connectivity index (χ2n) is 8.40. The molecule has 0 amide bonds. The number of nitrogens with zero attached hydrogens (tertiary/aromatic N) is 5. The Morgan fingerprint density at radius 1 is 1.03 bits per heavy atom. The Kier molecular flexibility index (Phi) is 6.33. The maximum Gasteiger partial charge on any atom is 0.373 e. The van der Waals surface area contributed by atoms with Gasteiger partial charge in [0, 0.05) is 39.0 Å². The van der Waals surface area contributed by atoms with E-state index in [-0.39, 0.29) is 34.8 Å². The fraction of sp³-hybridized carbons (Fsp3) is 0.304. The van der Waals surface area contributed by atoms with E-state index in [0.29, 0.717) is 32.7 Å². The van der Waals surface area contributed by atoms with Crippen molar-refractivity contribution in [1.29, 1.82) is 0 Å². The number of ether oxygens (including phenoxy) is 3. The first kappa shape index (κ1) is 23.8. The van der Waals surface area contributed by atoms with Crippen LogP contribution in [0.2, 0.25) is 0 Å². The molecule has 0 spiro atoms. The Balaban J connectivity index is 1.29. The Bertz CT molecular complexity index is 1390. The van der Waals surface area contributed by atoms with Gasteiger partial charge in [0.15, 0.2) is 21.3 Å². The summed E-state index contributed by atoms with van der Waals surface area (Å²) in [5.74, 6) is 1.68. The number of nitro groups is 1. The van der Waals surface area contributed by atoms with Crippen molar-refractivity contribution >= 4 is 21.3 Å². The van der Waals surface area contributed by atoms with Crippen molar-refractivity contribution < 1.29 is 27.6 Å². The van der Waals surface area contributed by atoms with Gasteiger partial charge in [-0.25, -0.2) is 13.4 Å². The molecule has 13 heteroatoms. The number of rotatable bonds is 7. The van der Waals surface area contributed by atoms with Gasteiger partial charge in [0.2, 0.25) is 12.6 Å². The average molecular weight is 514 g/mol. The van der Waals surface area contributed by atoms with Gasteiger partial charge >= 0.3 is 11.6 Å². The lowest BCUT2D eigenvalue weighted by Gasteiger charge is -2.35. The molecule has 2 aromatic carbocycles. The normalized spacial score (nSPS) is 15.6. The van der Waals surface area contributed by atoms with Crippen LogP contribution in [0.25, 0.3) is 0 Å². The quantitative estimate of drug-likeness (QED) is 0.340. The van der Waals surface area contributed by atoms with Crippen LogP contribution in [0.15, 0.2) is 53.7 Å². The number of anilines is 1. The first-order valence-corrected chi connectivity index (χ1v) is 13.0. The summed E-state index contributed by atoms with van der Waals surface area (Å²) in [7, 11) is -3.37. The van der Waals surface area contributed by atoms with E-state index in [1.165, 1.54) is 30.6 Å². The van der Waals surface area contributed by atoms with Crippen molar-refractivity contribution in [2.24, 2.45) is 0 Å². The molecular weight excluding hydrogens is 490 g/mol. The highest BCUT2D eigenvalue weighted by molar-refractivity contribution is 7.90. The minimum absolute atomic E-state index is 0.117. The maximum atomic E-state index is 12.0. The number of aromatic nitrogens is 2. The number of piperazine rings is 1. The van der Waals surface area contributed by atoms with Crippen LogP contribution in [0.4, 0.5) is 11.5 Å². The molecule has 12 nitrogen and oxygen atoms in total. The van der Waals surface area contributed by atoms with Gasteiger partial charge in [0.1, 0.15) is 12.1 Å². The molecule has 2 aliphatic heterocycles. The molecule has 36 heavy (non-hydrogen) atoms. The zero-order valence-corrected chi connectivity index (χ0v) is 20.2. The second kappa shape index (κ2) is 9.59. The van der Waals surface area contributed by atoms with E-state index in [4.69, 9.17) is 14.2 Å². The lowest BCUT2D eigenvalue weighted by Crippen LogP contribution is -2.46. The van der Waals surface area contributed by atoms with E-state index in [1.54, 1.807) is 0 Å². The van der Waals surface area contributed by atoms with Crippen LogP contribution in [-0.2, 0) is 16.4 Å². The Labute approximate surface area is 207 Å². The first-order valence-electron chi connectivity index (χ1n) is 11.1. The molecule has 188 valence electrons. The van der Waals surface area contributed by atoms with E-state index >= 15 is 0 Å². The third-order valence-corrected chi connectivity index (χ3v) is 7.06. The maximum absolute atomic E-state index is 12.0. The topological polar surface area (TPSA) is 137 Å². The minimum Gasteiger partial charge on any atom is -0.454 e. The van der Waals surface area contributed by atoms with E-state index in [2.05, 4.69) is 14.9 Å². The fourth-order valence-electron chi connectivity index (χ4n) is 4.10. The SMILES string of the molecule is CS(=O)(=O)c1ccc(Oc2ncnc(N3CCN(Cc4ccc5c(c4)OCO5)CC3)c2[N+](=O)[O-])cc1. The number of hydrogen-bond acceptors (Lipinski definition) is 11. The lowest BCUT2D eigenvalue weighted by atomic mass is 10.1. The predicted molar refractivity (Wildman–Crippen MR) is 128 cm³/mol. The van der Waals surface area contributed by atoms with Gasteiger partial charge in [-0.3, -0.25) is 15.0 Å². The number of sulfone groups is 1. The summed E-state index contributed by atoms with van der Waals surface area (Å²) in [4.78, 5) is 23.8. The standard InChI is InChI=1S/C23H23N5O7S/c1-36(31,32)18-5-3-17(4-6-18)35-23-21(28(29)30)22(24-14-25-23)27-10-8-26(9-11-27)13-16-2-7-19-20(12-16)34-15-33-19/h2-7,12,14H,8-11,13,15H2,1H3. The molecule has 1 aromatic heterocycles. The number of fused-ring (bicyclic) bond motifs is 1. The zero-order valence-electron chi connectivity index (χ0n) is 19.4. The molecule has 0 aliphatic carbocycles. The Morgan fingerprint density at radius 2 is 1.75 bits per heavy atom. The average Bonchev–Trinajstić information content (AvgIpc) is 3.32. The van der Waals surface area contributed by atoms with Crippen LogP contribution < -0.4 is 19.1 Å². The molecule has 0 N–H and O–H groups in total. The monoisotopic (exact) mass is 513 g/mol. The molecule has 0 bridgehead atoms. The molecular formula is C23H23N5O7S. The molecule has 1 fully saturated rings. The van der Waals surface area contributed by atoms with Gasteiger partial charge < -0.3 is 19.1 Å². The molecule has 1 saturated heterocycles. The number of benzene rings is 2. The summed E-state index contributed by atoms with van der Waals surface area (Å²) in [6.45, 7) is 3.37. The molecule has 3 aromatic rings. The van der Waals surface area contributed by atoms with Crippen molar-refractivity contribution in [3.8, 4) is 23.1 Å². The van der Waals surface area contributed by atoms with Gasteiger partial charge in [0.25, 0.3) is 0 Å². The third-order valence-electron chi connectivity index (χ3n) is 5.93. The van der Waals surface area contributed by atoms with Crippen LogP contribution in [0.3, 0.4) is 0 Å². The van der Waals surface area contributed by atoms with Crippen molar-refractivity contribution in [2.45, 2.75) is 11.4 Å². The second-order valence-corrected chi connectivity index (χ2v) is 10.4. The molecule has 3 heterocycles. The first-order chi connectivity index (χ1) is 17.3. The van der Waals surface area contributed by atoms with Crippen molar-refractivity contribution in [1.82, 2.24) is 14.9 Å². The summed E-state index contributed by atoms with van der Waals surface area (Å²) < 4.78 is 39.8. The molecule has 0 unspecified atom stereocenters. The lowest BCUT2D eigenvalue weighted by molar-refractivity contribution is -0.385. The van der Waals surface area contributed by atoms with Crippen LogP contribution in [0.5, 0.6) is 23.1 Å². The summed E-state index contributed by atoms with van der Waals surface area (Å²) in [5, 5.41) is 12.0. The smallest absolute Gasteiger partial charge is 0.373 e. The largest absolute Gasteiger partial charge is 0.454 e. The molecule has 0 saturated carbocycles. The van der Waals surface area contributed by atoms with E-state index in [0.717, 1.165) is 23.3 Å². The Morgan fingerprint density at radius 3 is 2.44 bits per heavy atom. The number of hydrogen-bond donors (Lipinski definition) is 0. The van der Waals surface area contributed by atoms with Crippen LogP contribution in [-0.4, -0.2) is 67.4 Å². The zero-order chi connectivity index (χ0) is 25.3.